The van der Waals surface area contributed by atoms with Crippen LogP contribution < -0.4 is 0 Å². The fourth-order valence-corrected chi connectivity index (χ4v) is 8.72. The second kappa shape index (κ2) is 58.7. The molecule has 0 aromatic heterocycles. The van der Waals surface area contributed by atoms with Crippen molar-refractivity contribution in [3.63, 3.8) is 0 Å². The quantitative estimate of drug-likeness (QED) is 0.0261. The Morgan fingerprint density at radius 2 is 0.557 bits per heavy atom. The van der Waals surface area contributed by atoms with Gasteiger partial charge in [-0.1, -0.05) is 268 Å². The maximum atomic E-state index is 12.9. The third kappa shape index (κ3) is 56.0. The van der Waals surface area contributed by atoms with Crippen LogP contribution in [-0.2, 0) is 28.6 Å². The summed E-state index contributed by atoms with van der Waals surface area (Å²) >= 11 is 0. The van der Waals surface area contributed by atoms with Gasteiger partial charge in [-0.05, 0) is 83.5 Å². The molecule has 6 nitrogen and oxygen atoms in total. The zero-order chi connectivity index (χ0) is 50.7. The van der Waals surface area contributed by atoms with Crippen LogP contribution in [0.25, 0.3) is 0 Å². The summed E-state index contributed by atoms with van der Waals surface area (Å²) in [6.45, 7) is 6.55. The van der Waals surface area contributed by atoms with E-state index in [1.165, 1.54) is 180 Å². The molecular formula is C64H114O6. The van der Waals surface area contributed by atoms with E-state index in [2.05, 4.69) is 81.5 Å². The molecule has 1 unspecified atom stereocenters. The Morgan fingerprint density at radius 3 is 0.886 bits per heavy atom. The van der Waals surface area contributed by atoms with Crippen molar-refractivity contribution < 1.29 is 28.6 Å². The summed E-state index contributed by atoms with van der Waals surface area (Å²) in [6.07, 6.45) is 73.5. The van der Waals surface area contributed by atoms with Gasteiger partial charge in [0.1, 0.15) is 13.2 Å². The normalized spacial score (nSPS) is 12.4. The summed E-state index contributed by atoms with van der Waals surface area (Å²) in [5, 5.41) is 0. The van der Waals surface area contributed by atoms with Crippen LogP contribution in [0.1, 0.15) is 310 Å². The largest absolute Gasteiger partial charge is 0.462 e. The molecule has 0 heterocycles. The van der Waals surface area contributed by atoms with E-state index in [0.717, 1.165) is 89.9 Å². The van der Waals surface area contributed by atoms with Crippen molar-refractivity contribution in [2.75, 3.05) is 13.2 Å². The summed E-state index contributed by atoms with van der Waals surface area (Å²) in [5.74, 6) is -0.881. The average molecular weight is 980 g/mol. The second-order valence-corrected chi connectivity index (χ2v) is 20.2. The lowest BCUT2D eigenvalue weighted by molar-refractivity contribution is -0.167. The zero-order valence-electron chi connectivity index (χ0n) is 46.5. The van der Waals surface area contributed by atoms with Crippen LogP contribution in [0.3, 0.4) is 0 Å². The van der Waals surface area contributed by atoms with Crippen LogP contribution in [0.15, 0.2) is 60.8 Å². The molecule has 0 aromatic carbocycles. The van der Waals surface area contributed by atoms with Gasteiger partial charge in [-0.3, -0.25) is 14.4 Å². The van der Waals surface area contributed by atoms with Gasteiger partial charge in [-0.15, -0.1) is 0 Å². The van der Waals surface area contributed by atoms with E-state index < -0.39 is 6.10 Å². The van der Waals surface area contributed by atoms with Gasteiger partial charge in [0.25, 0.3) is 0 Å². The fraction of sp³-hybridized carbons (Fsp3) is 0.797. The molecule has 6 heteroatoms. The third-order valence-corrected chi connectivity index (χ3v) is 13.3. The number of hydrogen-bond acceptors (Lipinski definition) is 6. The van der Waals surface area contributed by atoms with Crippen LogP contribution >= 0.6 is 0 Å². The molecule has 406 valence electrons. The molecule has 0 saturated carbocycles. The van der Waals surface area contributed by atoms with Crippen LogP contribution in [-0.4, -0.2) is 37.2 Å². The van der Waals surface area contributed by atoms with Crippen molar-refractivity contribution in [2.45, 2.75) is 316 Å². The first kappa shape index (κ1) is 67.1. The number of esters is 3. The van der Waals surface area contributed by atoms with Crippen molar-refractivity contribution in [3.05, 3.63) is 60.8 Å². The zero-order valence-corrected chi connectivity index (χ0v) is 46.5. The SMILES string of the molecule is CC/C=C\C/C=C\C/C=C\C/C=C\CCCCCCCCC(=O)OCC(COC(=O)CCCCCCCCCCCCCCCC)OC(=O)CCCCCCCCC/C=C\CCCCCCCCCC. The van der Waals surface area contributed by atoms with E-state index in [1.807, 2.05) is 0 Å². The van der Waals surface area contributed by atoms with Crippen molar-refractivity contribution in [2.24, 2.45) is 0 Å². The summed E-state index contributed by atoms with van der Waals surface area (Å²) in [6, 6.07) is 0. The Labute approximate surface area is 434 Å². The van der Waals surface area contributed by atoms with E-state index in [4.69, 9.17) is 14.2 Å². The van der Waals surface area contributed by atoms with E-state index in [-0.39, 0.29) is 31.1 Å². The van der Waals surface area contributed by atoms with Crippen molar-refractivity contribution in [3.8, 4) is 0 Å². The summed E-state index contributed by atoms with van der Waals surface area (Å²) in [5.41, 5.74) is 0. The van der Waals surface area contributed by atoms with Gasteiger partial charge in [-0.2, -0.15) is 0 Å². The number of rotatable bonds is 55. The average Bonchev–Trinajstić information content (AvgIpc) is 3.36. The standard InChI is InChI=1S/C64H114O6/c1-4-7-10-13-16-19-22-25-28-30-32-34-36-39-42-45-48-51-54-57-63(66)69-60-61(59-68-62(65)56-53-50-47-44-41-38-27-24-21-18-15-12-9-6-3)70-64(67)58-55-52-49-46-43-40-37-35-33-31-29-26-23-20-17-14-11-8-5-2/h7,10,16,19,25,28,31-34,61H,4-6,8-9,11-15,17-18,20-24,26-27,29-30,35-60H2,1-3H3/b10-7-,19-16-,28-25-,33-31-,34-32-. The van der Waals surface area contributed by atoms with E-state index in [1.54, 1.807) is 0 Å². The number of allylic oxidation sites excluding steroid dienone is 10. The lowest BCUT2D eigenvalue weighted by Crippen LogP contribution is -2.30. The van der Waals surface area contributed by atoms with Gasteiger partial charge >= 0.3 is 17.9 Å². The van der Waals surface area contributed by atoms with Crippen LogP contribution in [0.2, 0.25) is 0 Å². The highest BCUT2D eigenvalue weighted by molar-refractivity contribution is 5.71. The highest BCUT2D eigenvalue weighted by atomic mass is 16.6. The van der Waals surface area contributed by atoms with Crippen molar-refractivity contribution in [1.29, 1.82) is 0 Å². The lowest BCUT2D eigenvalue weighted by atomic mass is 10.0. The van der Waals surface area contributed by atoms with E-state index in [0.29, 0.717) is 19.3 Å². The second-order valence-electron chi connectivity index (χ2n) is 20.2. The lowest BCUT2D eigenvalue weighted by Gasteiger charge is -2.18. The molecule has 0 saturated heterocycles. The number of unbranched alkanes of at least 4 members (excludes halogenated alkanes) is 34. The number of carbonyl (C=O) groups excluding carboxylic acids is 3. The van der Waals surface area contributed by atoms with Crippen molar-refractivity contribution in [1.82, 2.24) is 0 Å². The Kier molecular flexibility index (Phi) is 56.3. The number of hydrogen-bond donors (Lipinski definition) is 0. The molecule has 0 rings (SSSR count). The third-order valence-electron chi connectivity index (χ3n) is 13.3. The molecule has 0 aromatic rings. The molecular weight excluding hydrogens is 865 g/mol. The molecule has 1 atom stereocenters. The van der Waals surface area contributed by atoms with E-state index >= 15 is 0 Å². The summed E-state index contributed by atoms with van der Waals surface area (Å²) in [7, 11) is 0. The van der Waals surface area contributed by atoms with Gasteiger partial charge < -0.3 is 14.2 Å². The van der Waals surface area contributed by atoms with Crippen LogP contribution in [0, 0.1) is 0 Å². The monoisotopic (exact) mass is 979 g/mol. The Hall–Kier alpha value is -2.89. The highest BCUT2D eigenvalue weighted by Gasteiger charge is 2.19. The minimum absolute atomic E-state index is 0.0776. The predicted octanol–water partition coefficient (Wildman–Crippen LogP) is 20.4. The molecule has 0 spiro atoms. The number of ether oxygens (including phenoxy) is 3. The first-order valence-electron chi connectivity index (χ1n) is 30.3. The fourth-order valence-electron chi connectivity index (χ4n) is 8.72. The molecule has 0 radical (unpaired) electrons. The Morgan fingerprint density at radius 1 is 0.300 bits per heavy atom. The topological polar surface area (TPSA) is 78.9 Å². The summed E-state index contributed by atoms with van der Waals surface area (Å²) < 4.78 is 16.9. The molecule has 0 aliphatic heterocycles. The Balaban J connectivity index is 4.38. The Bertz CT molecular complexity index is 1260. The molecule has 0 N–H and O–H groups in total. The number of carbonyl (C=O) groups is 3. The van der Waals surface area contributed by atoms with Gasteiger partial charge in [0.15, 0.2) is 6.10 Å². The maximum absolute atomic E-state index is 12.9. The van der Waals surface area contributed by atoms with Gasteiger partial charge in [0.05, 0.1) is 0 Å². The first-order valence-corrected chi connectivity index (χ1v) is 30.3. The molecule has 0 fully saturated rings. The van der Waals surface area contributed by atoms with Gasteiger partial charge in [0.2, 0.25) is 0 Å². The molecule has 70 heavy (non-hydrogen) atoms. The molecule has 0 aliphatic carbocycles. The minimum Gasteiger partial charge on any atom is -0.462 e. The van der Waals surface area contributed by atoms with E-state index in [9.17, 15) is 14.4 Å². The first-order chi connectivity index (χ1) is 34.5. The smallest absolute Gasteiger partial charge is 0.306 e. The van der Waals surface area contributed by atoms with Crippen molar-refractivity contribution >= 4 is 17.9 Å². The van der Waals surface area contributed by atoms with Crippen LogP contribution in [0.5, 0.6) is 0 Å². The van der Waals surface area contributed by atoms with Crippen LogP contribution in [0.4, 0.5) is 0 Å². The van der Waals surface area contributed by atoms with Gasteiger partial charge in [0, 0.05) is 19.3 Å². The maximum Gasteiger partial charge on any atom is 0.306 e. The highest BCUT2D eigenvalue weighted by Crippen LogP contribution is 2.16. The molecule has 0 amide bonds. The molecule has 0 aliphatic rings. The minimum atomic E-state index is -0.781. The predicted molar refractivity (Wildman–Crippen MR) is 302 cm³/mol. The summed E-state index contributed by atoms with van der Waals surface area (Å²) in [4.78, 5) is 38.2. The molecule has 0 bridgehead atoms. The van der Waals surface area contributed by atoms with Gasteiger partial charge in [-0.25, -0.2) is 0 Å².